The van der Waals surface area contributed by atoms with Crippen LogP contribution in [0.1, 0.15) is 27.2 Å². The molecular formula is C13H22F3NO4Si. The molecule has 128 valence electrons. The number of amides is 1. The molecule has 0 aromatic carbocycles. The summed E-state index contributed by atoms with van der Waals surface area (Å²) in [6, 6.07) is -1.50. The number of carboxylic acids is 1. The van der Waals surface area contributed by atoms with Crippen LogP contribution in [0.4, 0.5) is 13.2 Å². The molecule has 0 spiro atoms. The van der Waals surface area contributed by atoms with Crippen LogP contribution in [0.3, 0.4) is 0 Å². The molecule has 9 heteroatoms. The third-order valence-corrected chi connectivity index (χ3v) is 8.85. The lowest BCUT2D eigenvalue weighted by molar-refractivity contribution is -0.188. The number of hydrogen-bond donors (Lipinski definition) is 1. The minimum absolute atomic E-state index is 0.121. The average Bonchev–Trinajstić information content (AvgIpc) is 2.68. The van der Waals surface area contributed by atoms with Gasteiger partial charge < -0.3 is 14.4 Å². The highest BCUT2D eigenvalue weighted by Gasteiger charge is 2.51. The van der Waals surface area contributed by atoms with E-state index in [4.69, 9.17) is 9.53 Å². The van der Waals surface area contributed by atoms with E-state index >= 15 is 0 Å². The summed E-state index contributed by atoms with van der Waals surface area (Å²) in [4.78, 5) is 22.9. The number of halogens is 3. The van der Waals surface area contributed by atoms with Crippen LogP contribution in [-0.4, -0.2) is 55.1 Å². The van der Waals surface area contributed by atoms with E-state index in [9.17, 15) is 22.8 Å². The standard InChI is InChI=1S/C13H22F3NO4Si/c1-12(2,3)22(4,5)21-8-6-9(10(18)19)17(7-8)11(20)13(14,15)16/h8-9H,6-7H2,1-5H3,(H,18,19)/t8-,9+/m1/s1. The van der Waals surface area contributed by atoms with Crippen molar-refractivity contribution in [2.45, 2.75) is 63.6 Å². The number of carboxylic acid groups (broad SMARTS) is 1. The van der Waals surface area contributed by atoms with Gasteiger partial charge in [0.25, 0.3) is 0 Å². The van der Waals surface area contributed by atoms with Gasteiger partial charge in [0.15, 0.2) is 8.32 Å². The molecule has 2 atom stereocenters. The van der Waals surface area contributed by atoms with Gasteiger partial charge in [0.2, 0.25) is 0 Å². The fourth-order valence-corrected chi connectivity index (χ4v) is 3.46. The maximum atomic E-state index is 12.6. The van der Waals surface area contributed by atoms with E-state index in [1.54, 1.807) is 0 Å². The molecule has 1 aliphatic rings. The zero-order valence-electron chi connectivity index (χ0n) is 13.3. The van der Waals surface area contributed by atoms with Crippen LogP contribution in [-0.2, 0) is 14.0 Å². The smallest absolute Gasteiger partial charge is 0.471 e. The molecule has 0 bridgehead atoms. The quantitative estimate of drug-likeness (QED) is 0.802. The summed E-state index contributed by atoms with van der Waals surface area (Å²) in [6.45, 7) is 9.43. The first kappa shape index (κ1) is 19.0. The van der Waals surface area contributed by atoms with Crippen molar-refractivity contribution in [2.24, 2.45) is 0 Å². The van der Waals surface area contributed by atoms with E-state index in [1.165, 1.54) is 0 Å². The number of likely N-dealkylation sites (tertiary alicyclic amines) is 1. The number of carbonyl (C=O) groups excluding carboxylic acids is 1. The van der Waals surface area contributed by atoms with Gasteiger partial charge in [-0.3, -0.25) is 4.79 Å². The van der Waals surface area contributed by atoms with Crippen molar-refractivity contribution in [3.05, 3.63) is 0 Å². The third kappa shape index (κ3) is 4.01. The fourth-order valence-electron chi connectivity index (χ4n) is 2.10. The Bertz CT molecular complexity index is 459. The number of aliphatic carboxylic acids is 1. The zero-order valence-corrected chi connectivity index (χ0v) is 14.3. The molecule has 5 nitrogen and oxygen atoms in total. The summed E-state index contributed by atoms with van der Waals surface area (Å²) >= 11 is 0. The lowest BCUT2D eigenvalue weighted by Gasteiger charge is -2.38. The Morgan fingerprint density at radius 1 is 1.23 bits per heavy atom. The van der Waals surface area contributed by atoms with E-state index in [0.717, 1.165) is 0 Å². The molecule has 22 heavy (non-hydrogen) atoms. The molecule has 1 rings (SSSR count). The Morgan fingerprint density at radius 3 is 2.09 bits per heavy atom. The van der Waals surface area contributed by atoms with Crippen molar-refractivity contribution in [2.75, 3.05) is 6.54 Å². The highest BCUT2D eigenvalue weighted by atomic mass is 28.4. The number of hydrogen-bond acceptors (Lipinski definition) is 3. The lowest BCUT2D eigenvalue weighted by Crippen LogP contribution is -2.47. The van der Waals surface area contributed by atoms with Crippen LogP contribution in [0.15, 0.2) is 0 Å². The predicted octanol–water partition coefficient (Wildman–Crippen LogP) is 2.62. The highest BCUT2D eigenvalue weighted by Crippen LogP contribution is 2.39. The first-order valence-electron chi connectivity index (χ1n) is 6.95. The number of carbonyl (C=O) groups is 2. The van der Waals surface area contributed by atoms with Crippen molar-refractivity contribution in [1.29, 1.82) is 0 Å². The molecule has 1 heterocycles. The fraction of sp³-hybridized carbons (Fsp3) is 0.846. The molecule has 0 unspecified atom stereocenters. The molecule has 0 aromatic heterocycles. The summed E-state index contributed by atoms with van der Waals surface area (Å²) in [7, 11) is -2.26. The monoisotopic (exact) mass is 341 g/mol. The molecule has 0 saturated carbocycles. The van der Waals surface area contributed by atoms with E-state index in [2.05, 4.69) is 0 Å². The minimum Gasteiger partial charge on any atom is -0.480 e. The van der Waals surface area contributed by atoms with Crippen LogP contribution >= 0.6 is 0 Å². The Kier molecular flexibility index (Phi) is 5.03. The Hall–Kier alpha value is -1.09. The molecule has 1 amide bonds. The molecule has 0 aromatic rings. The first-order valence-corrected chi connectivity index (χ1v) is 9.86. The Balaban J connectivity index is 2.93. The van der Waals surface area contributed by atoms with Crippen molar-refractivity contribution in [3.8, 4) is 0 Å². The van der Waals surface area contributed by atoms with E-state index in [-0.39, 0.29) is 18.0 Å². The van der Waals surface area contributed by atoms with Crippen LogP contribution in [0.5, 0.6) is 0 Å². The van der Waals surface area contributed by atoms with Gasteiger partial charge in [0.1, 0.15) is 6.04 Å². The van der Waals surface area contributed by atoms with Gasteiger partial charge >= 0.3 is 18.1 Å². The van der Waals surface area contributed by atoms with Crippen LogP contribution in [0, 0.1) is 0 Å². The SMILES string of the molecule is CC(C)(C)[Si](C)(C)O[C@@H]1C[C@@H](C(=O)O)N(C(=O)C(F)(F)F)C1. The molecule has 1 saturated heterocycles. The number of rotatable bonds is 3. The highest BCUT2D eigenvalue weighted by molar-refractivity contribution is 6.74. The Morgan fingerprint density at radius 2 is 1.73 bits per heavy atom. The summed E-state index contributed by atoms with van der Waals surface area (Å²) in [5, 5.41) is 8.91. The van der Waals surface area contributed by atoms with Gasteiger partial charge in [-0.25, -0.2) is 4.79 Å². The van der Waals surface area contributed by atoms with Gasteiger partial charge in [0, 0.05) is 13.0 Å². The van der Waals surface area contributed by atoms with E-state index in [1.807, 2.05) is 33.9 Å². The van der Waals surface area contributed by atoms with Crippen LogP contribution < -0.4 is 0 Å². The molecule has 1 N–H and O–H groups in total. The predicted molar refractivity (Wildman–Crippen MR) is 75.9 cm³/mol. The molecule has 0 aliphatic carbocycles. The summed E-state index contributed by atoms with van der Waals surface area (Å²) in [6.07, 6.45) is -5.89. The van der Waals surface area contributed by atoms with E-state index < -0.39 is 38.5 Å². The van der Waals surface area contributed by atoms with E-state index in [0.29, 0.717) is 4.90 Å². The maximum absolute atomic E-state index is 12.6. The molecule has 1 aliphatic heterocycles. The average molecular weight is 341 g/mol. The second-order valence-electron chi connectivity index (χ2n) is 7.05. The largest absolute Gasteiger partial charge is 0.480 e. The second-order valence-corrected chi connectivity index (χ2v) is 11.8. The topological polar surface area (TPSA) is 66.8 Å². The van der Waals surface area contributed by atoms with Gasteiger partial charge in [-0.2, -0.15) is 13.2 Å². The van der Waals surface area contributed by atoms with Crippen molar-refractivity contribution >= 4 is 20.2 Å². The lowest BCUT2D eigenvalue weighted by atomic mass is 10.2. The third-order valence-electron chi connectivity index (χ3n) is 4.32. The second kappa shape index (κ2) is 5.84. The van der Waals surface area contributed by atoms with Crippen molar-refractivity contribution in [3.63, 3.8) is 0 Å². The summed E-state index contributed by atoms with van der Waals surface area (Å²) in [5.74, 6) is -3.57. The van der Waals surface area contributed by atoms with Crippen molar-refractivity contribution < 1.29 is 32.3 Å². The minimum atomic E-state index is -5.08. The number of alkyl halides is 3. The molecule has 1 fully saturated rings. The summed E-state index contributed by atoms with van der Waals surface area (Å²) < 4.78 is 43.7. The van der Waals surface area contributed by atoms with Gasteiger partial charge in [-0.15, -0.1) is 0 Å². The van der Waals surface area contributed by atoms with Crippen molar-refractivity contribution in [1.82, 2.24) is 4.90 Å². The normalized spacial score (nSPS) is 23.7. The zero-order chi connectivity index (χ0) is 17.5. The van der Waals surface area contributed by atoms with Gasteiger partial charge in [0.05, 0.1) is 6.10 Å². The summed E-state index contributed by atoms with van der Waals surface area (Å²) in [5.41, 5.74) is 0. The van der Waals surface area contributed by atoms with Gasteiger partial charge in [-0.1, -0.05) is 20.8 Å². The maximum Gasteiger partial charge on any atom is 0.471 e. The van der Waals surface area contributed by atoms with Gasteiger partial charge in [-0.05, 0) is 18.1 Å². The molecule has 0 radical (unpaired) electrons. The molecular weight excluding hydrogens is 319 g/mol. The first-order chi connectivity index (χ1) is 9.67. The van der Waals surface area contributed by atoms with Crippen LogP contribution in [0.2, 0.25) is 18.1 Å². The Labute approximate surface area is 128 Å². The van der Waals surface area contributed by atoms with Crippen LogP contribution in [0.25, 0.3) is 0 Å². The number of nitrogens with zero attached hydrogens (tertiary/aromatic N) is 1.